The fourth-order valence-corrected chi connectivity index (χ4v) is 1.32. The number of amides is 1. The van der Waals surface area contributed by atoms with Crippen LogP contribution in [-0.2, 0) is 4.79 Å². The van der Waals surface area contributed by atoms with E-state index in [1.54, 1.807) is 13.8 Å². The molecule has 0 aromatic carbocycles. The average Bonchev–Trinajstić information content (AvgIpc) is 2.11. The maximum Gasteiger partial charge on any atom is 0.401 e. The van der Waals surface area contributed by atoms with Crippen LogP contribution >= 0.6 is 0 Å². The van der Waals surface area contributed by atoms with Gasteiger partial charge in [0.25, 0.3) is 0 Å². The smallest absolute Gasteiger partial charge is 0.395 e. The zero-order chi connectivity index (χ0) is 13.5. The summed E-state index contributed by atoms with van der Waals surface area (Å²) in [7, 11) is 0. The summed E-state index contributed by atoms with van der Waals surface area (Å²) in [6.07, 6.45) is -4.32. The van der Waals surface area contributed by atoms with E-state index in [-0.39, 0.29) is 38.1 Å². The molecule has 0 radical (unpaired) electrons. The minimum absolute atomic E-state index is 0.00569. The van der Waals surface area contributed by atoms with Gasteiger partial charge >= 0.3 is 6.18 Å². The molecule has 0 aliphatic carbocycles. The molecular formula is C10H19F3N2O2. The number of nitrogens with one attached hydrogen (secondary N) is 1. The van der Waals surface area contributed by atoms with Crippen molar-refractivity contribution < 1.29 is 23.1 Å². The zero-order valence-electron chi connectivity index (χ0n) is 10.0. The van der Waals surface area contributed by atoms with Crippen LogP contribution in [0.2, 0.25) is 0 Å². The van der Waals surface area contributed by atoms with Crippen molar-refractivity contribution in [3.8, 4) is 0 Å². The van der Waals surface area contributed by atoms with Gasteiger partial charge < -0.3 is 10.4 Å². The number of hydrogen-bond acceptors (Lipinski definition) is 3. The van der Waals surface area contributed by atoms with E-state index in [1.807, 2.05) is 0 Å². The summed E-state index contributed by atoms with van der Waals surface area (Å²) in [5.74, 6) is -0.287. The minimum atomic E-state index is -4.32. The van der Waals surface area contributed by atoms with Crippen molar-refractivity contribution in [3.63, 3.8) is 0 Å². The van der Waals surface area contributed by atoms with E-state index in [4.69, 9.17) is 5.11 Å². The molecule has 0 saturated carbocycles. The van der Waals surface area contributed by atoms with E-state index < -0.39 is 12.7 Å². The largest absolute Gasteiger partial charge is 0.401 e. The third-order valence-corrected chi connectivity index (χ3v) is 1.92. The summed E-state index contributed by atoms with van der Waals surface area (Å²) in [5.41, 5.74) is 0. The number of halogens is 3. The summed E-state index contributed by atoms with van der Waals surface area (Å²) in [5, 5.41) is 11.2. The SMILES string of the molecule is CC(C)NC(=O)CCN(CCO)CC(F)(F)F. The normalized spacial score (nSPS) is 12.2. The lowest BCUT2D eigenvalue weighted by Gasteiger charge is -2.22. The van der Waals surface area contributed by atoms with Crippen molar-refractivity contribution in [2.45, 2.75) is 32.5 Å². The number of carbonyl (C=O) groups excluding carboxylic acids is 1. The third-order valence-electron chi connectivity index (χ3n) is 1.92. The maximum atomic E-state index is 12.1. The zero-order valence-corrected chi connectivity index (χ0v) is 10.0. The highest BCUT2D eigenvalue weighted by Gasteiger charge is 2.30. The lowest BCUT2D eigenvalue weighted by atomic mass is 10.3. The number of rotatable bonds is 7. The molecule has 0 saturated heterocycles. The number of nitrogens with zero attached hydrogens (tertiary/aromatic N) is 1. The molecule has 0 fully saturated rings. The maximum absolute atomic E-state index is 12.1. The Balaban J connectivity index is 4.04. The number of aliphatic hydroxyl groups excluding tert-OH is 1. The molecule has 0 rings (SSSR count). The predicted molar refractivity (Wildman–Crippen MR) is 57.5 cm³/mol. The van der Waals surface area contributed by atoms with Crippen LogP contribution in [0.1, 0.15) is 20.3 Å². The van der Waals surface area contributed by atoms with E-state index in [2.05, 4.69) is 5.32 Å². The van der Waals surface area contributed by atoms with Gasteiger partial charge in [-0.1, -0.05) is 0 Å². The molecule has 1 amide bonds. The molecule has 0 aromatic rings. The first kappa shape index (κ1) is 16.2. The van der Waals surface area contributed by atoms with Crippen LogP contribution in [0.3, 0.4) is 0 Å². The second-order valence-electron chi connectivity index (χ2n) is 4.09. The van der Waals surface area contributed by atoms with Gasteiger partial charge in [-0.25, -0.2) is 0 Å². The van der Waals surface area contributed by atoms with Gasteiger partial charge in [-0.3, -0.25) is 9.69 Å². The molecular weight excluding hydrogens is 237 g/mol. The standard InChI is InChI=1S/C10H19F3N2O2/c1-8(2)14-9(17)3-4-15(5-6-16)7-10(11,12)13/h8,16H,3-7H2,1-2H3,(H,14,17). The van der Waals surface area contributed by atoms with E-state index in [0.717, 1.165) is 4.90 Å². The molecule has 2 N–H and O–H groups in total. The molecule has 0 unspecified atom stereocenters. The third kappa shape index (κ3) is 10.1. The lowest BCUT2D eigenvalue weighted by molar-refractivity contribution is -0.148. The van der Waals surface area contributed by atoms with Crippen LogP contribution in [0.4, 0.5) is 13.2 Å². The number of alkyl halides is 3. The highest BCUT2D eigenvalue weighted by Crippen LogP contribution is 2.16. The summed E-state index contributed by atoms with van der Waals surface area (Å²) in [6.45, 7) is 1.98. The van der Waals surface area contributed by atoms with E-state index in [1.165, 1.54) is 0 Å². The fraction of sp³-hybridized carbons (Fsp3) is 0.900. The average molecular weight is 256 g/mol. The van der Waals surface area contributed by atoms with Crippen LogP contribution in [-0.4, -0.2) is 54.4 Å². The molecule has 0 spiro atoms. The number of carbonyl (C=O) groups is 1. The van der Waals surface area contributed by atoms with E-state index in [0.29, 0.717) is 0 Å². The summed E-state index contributed by atoms with van der Waals surface area (Å²) < 4.78 is 36.4. The molecule has 4 nitrogen and oxygen atoms in total. The molecule has 17 heavy (non-hydrogen) atoms. The van der Waals surface area contributed by atoms with Crippen molar-refractivity contribution in [2.24, 2.45) is 0 Å². The Hall–Kier alpha value is -0.820. The van der Waals surface area contributed by atoms with Gasteiger partial charge in [0.05, 0.1) is 13.2 Å². The first-order chi connectivity index (χ1) is 7.74. The number of aliphatic hydroxyl groups is 1. The van der Waals surface area contributed by atoms with Gasteiger partial charge in [0.15, 0.2) is 0 Å². The Labute approximate surface area is 98.8 Å². The summed E-state index contributed by atoms with van der Waals surface area (Å²) >= 11 is 0. The van der Waals surface area contributed by atoms with Gasteiger partial charge in [-0.2, -0.15) is 13.2 Å². The van der Waals surface area contributed by atoms with Gasteiger partial charge in [0.1, 0.15) is 0 Å². The summed E-state index contributed by atoms with van der Waals surface area (Å²) in [4.78, 5) is 12.3. The topological polar surface area (TPSA) is 52.6 Å². The second-order valence-corrected chi connectivity index (χ2v) is 4.09. The van der Waals surface area contributed by atoms with Gasteiger partial charge in [-0.15, -0.1) is 0 Å². The quantitative estimate of drug-likeness (QED) is 0.707. The number of hydrogen-bond donors (Lipinski definition) is 2. The van der Waals surface area contributed by atoms with Crippen molar-refractivity contribution in [2.75, 3.05) is 26.2 Å². The van der Waals surface area contributed by atoms with Crippen molar-refractivity contribution in [1.29, 1.82) is 0 Å². The van der Waals surface area contributed by atoms with Crippen molar-refractivity contribution in [3.05, 3.63) is 0 Å². The monoisotopic (exact) mass is 256 g/mol. The van der Waals surface area contributed by atoms with Crippen LogP contribution in [0.5, 0.6) is 0 Å². The first-order valence-corrected chi connectivity index (χ1v) is 5.44. The van der Waals surface area contributed by atoms with Gasteiger partial charge in [0.2, 0.25) is 5.91 Å². The molecule has 0 atom stereocenters. The first-order valence-electron chi connectivity index (χ1n) is 5.44. The molecule has 0 aromatic heterocycles. The Kier molecular flexibility index (Phi) is 7.13. The van der Waals surface area contributed by atoms with Crippen molar-refractivity contribution >= 4 is 5.91 Å². The Morgan fingerprint density at radius 1 is 1.35 bits per heavy atom. The molecule has 0 aliphatic rings. The van der Waals surface area contributed by atoms with Gasteiger partial charge in [0, 0.05) is 25.6 Å². The van der Waals surface area contributed by atoms with Crippen molar-refractivity contribution in [1.82, 2.24) is 10.2 Å². The second kappa shape index (κ2) is 7.50. The lowest BCUT2D eigenvalue weighted by Crippen LogP contribution is -2.39. The van der Waals surface area contributed by atoms with Crippen LogP contribution in [0.25, 0.3) is 0 Å². The molecule has 0 aliphatic heterocycles. The van der Waals surface area contributed by atoms with Crippen LogP contribution in [0, 0.1) is 0 Å². The van der Waals surface area contributed by atoms with E-state index in [9.17, 15) is 18.0 Å². The Bertz CT molecular complexity index is 232. The molecule has 0 bridgehead atoms. The Morgan fingerprint density at radius 3 is 2.35 bits per heavy atom. The highest BCUT2D eigenvalue weighted by atomic mass is 19.4. The highest BCUT2D eigenvalue weighted by molar-refractivity contribution is 5.76. The molecule has 102 valence electrons. The Morgan fingerprint density at radius 2 is 1.94 bits per heavy atom. The van der Waals surface area contributed by atoms with Gasteiger partial charge in [-0.05, 0) is 13.8 Å². The molecule has 7 heteroatoms. The van der Waals surface area contributed by atoms with Crippen LogP contribution in [0.15, 0.2) is 0 Å². The minimum Gasteiger partial charge on any atom is -0.395 e. The van der Waals surface area contributed by atoms with E-state index >= 15 is 0 Å². The van der Waals surface area contributed by atoms with Crippen LogP contribution < -0.4 is 5.32 Å². The fourth-order valence-electron chi connectivity index (χ4n) is 1.32. The summed E-state index contributed by atoms with van der Waals surface area (Å²) in [6, 6.07) is -0.0311. The molecule has 0 heterocycles. The predicted octanol–water partition coefficient (Wildman–Crippen LogP) is 0.758.